The Hall–Kier alpha value is -1.62. The number of hydrogen-bond acceptors (Lipinski definition) is 4. The summed E-state index contributed by atoms with van der Waals surface area (Å²) in [6.07, 6.45) is 2.55. The van der Waals surface area contributed by atoms with E-state index >= 15 is 0 Å². The van der Waals surface area contributed by atoms with E-state index in [4.69, 9.17) is 9.84 Å². The molecule has 3 heterocycles. The van der Waals surface area contributed by atoms with Crippen LogP contribution in [0.25, 0.3) is 0 Å². The Kier molecular flexibility index (Phi) is 2.52. The maximum Gasteiger partial charge on any atom is 0.337 e. The molecule has 18 heavy (non-hydrogen) atoms. The van der Waals surface area contributed by atoms with Crippen LogP contribution in [-0.2, 0) is 4.74 Å². The molecule has 2 aliphatic rings. The van der Waals surface area contributed by atoms with E-state index in [0.717, 1.165) is 44.1 Å². The Labute approximate surface area is 105 Å². The van der Waals surface area contributed by atoms with Gasteiger partial charge >= 0.3 is 5.97 Å². The molecule has 2 aliphatic heterocycles. The van der Waals surface area contributed by atoms with Gasteiger partial charge in [0, 0.05) is 31.3 Å². The zero-order valence-electron chi connectivity index (χ0n) is 10.3. The Bertz CT molecular complexity index is 487. The molecule has 2 saturated heterocycles. The van der Waals surface area contributed by atoms with Crippen molar-refractivity contribution in [3.8, 4) is 0 Å². The van der Waals surface area contributed by atoms with Crippen LogP contribution in [0.1, 0.15) is 22.3 Å². The first-order valence-electron chi connectivity index (χ1n) is 6.12. The normalized spacial score (nSPS) is 21.1. The van der Waals surface area contributed by atoms with Gasteiger partial charge < -0.3 is 14.7 Å². The van der Waals surface area contributed by atoms with Crippen LogP contribution in [0, 0.1) is 12.3 Å². The lowest BCUT2D eigenvalue weighted by molar-refractivity contribution is 0.0696. The van der Waals surface area contributed by atoms with E-state index in [9.17, 15) is 4.79 Å². The van der Waals surface area contributed by atoms with Gasteiger partial charge in [0.2, 0.25) is 0 Å². The molecule has 0 amide bonds. The topological polar surface area (TPSA) is 62.7 Å². The number of hydrogen-bond donors (Lipinski definition) is 1. The second kappa shape index (κ2) is 3.95. The van der Waals surface area contributed by atoms with E-state index in [0.29, 0.717) is 5.41 Å². The molecule has 1 N–H and O–H groups in total. The summed E-state index contributed by atoms with van der Waals surface area (Å²) in [5, 5.41) is 8.91. The van der Waals surface area contributed by atoms with E-state index in [2.05, 4.69) is 9.88 Å². The SMILES string of the molecule is Cc1cc(C(=O)O)cnc1N1CC2(CCOC2)C1. The number of aryl methyl sites for hydroxylation is 1. The summed E-state index contributed by atoms with van der Waals surface area (Å²) in [6, 6.07) is 1.68. The van der Waals surface area contributed by atoms with Gasteiger partial charge in [0.1, 0.15) is 5.82 Å². The molecular formula is C13H16N2O3. The summed E-state index contributed by atoms with van der Waals surface area (Å²) >= 11 is 0. The highest BCUT2D eigenvalue weighted by Crippen LogP contribution is 2.40. The lowest BCUT2D eigenvalue weighted by atomic mass is 9.79. The van der Waals surface area contributed by atoms with Crippen molar-refractivity contribution in [2.45, 2.75) is 13.3 Å². The molecule has 5 heteroatoms. The molecular weight excluding hydrogens is 232 g/mol. The second-order valence-electron chi connectivity index (χ2n) is 5.33. The van der Waals surface area contributed by atoms with Gasteiger partial charge in [-0.2, -0.15) is 0 Å². The van der Waals surface area contributed by atoms with Crippen molar-refractivity contribution in [1.82, 2.24) is 4.98 Å². The third-order valence-corrected chi connectivity index (χ3v) is 3.83. The maximum absolute atomic E-state index is 10.9. The van der Waals surface area contributed by atoms with Crippen molar-refractivity contribution in [1.29, 1.82) is 0 Å². The standard InChI is InChI=1S/C13H16N2O3/c1-9-4-10(12(16)17)5-14-11(9)15-6-13(7-15)2-3-18-8-13/h4-5H,2-3,6-8H2,1H3,(H,16,17). The molecule has 0 aromatic carbocycles. The zero-order valence-corrected chi connectivity index (χ0v) is 10.3. The first-order chi connectivity index (χ1) is 8.60. The summed E-state index contributed by atoms with van der Waals surface area (Å²) in [6.45, 7) is 5.54. The molecule has 2 fully saturated rings. The highest BCUT2D eigenvalue weighted by atomic mass is 16.5. The van der Waals surface area contributed by atoms with Gasteiger partial charge in [-0.15, -0.1) is 0 Å². The minimum atomic E-state index is -0.929. The van der Waals surface area contributed by atoms with E-state index in [1.807, 2.05) is 6.92 Å². The van der Waals surface area contributed by atoms with Crippen molar-refractivity contribution in [3.63, 3.8) is 0 Å². The molecule has 0 saturated carbocycles. The van der Waals surface area contributed by atoms with Gasteiger partial charge in [-0.05, 0) is 25.0 Å². The van der Waals surface area contributed by atoms with Gasteiger partial charge in [-0.1, -0.05) is 0 Å². The Balaban J connectivity index is 1.76. The van der Waals surface area contributed by atoms with E-state index in [1.54, 1.807) is 6.07 Å². The Morgan fingerprint density at radius 1 is 1.56 bits per heavy atom. The van der Waals surface area contributed by atoms with Crippen molar-refractivity contribution in [2.75, 3.05) is 31.2 Å². The number of pyridine rings is 1. The predicted octanol–water partition coefficient (Wildman–Crippen LogP) is 1.31. The molecule has 96 valence electrons. The summed E-state index contributed by atoms with van der Waals surface area (Å²) in [5.41, 5.74) is 1.49. The number of nitrogens with zero attached hydrogens (tertiary/aromatic N) is 2. The van der Waals surface area contributed by atoms with Gasteiger partial charge in [0.05, 0.1) is 12.2 Å². The van der Waals surface area contributed by atoms with Gasteiger partial charge in [-0.3, -0.25) is 0 Å². The molecule has 0 atom stereocenters. The lowest BCUT2D eigenvalue weighted by Gasteiger charge is -2.48. The molecule has 1 aromatic heterocycles. The number of carboxylic acid groups (broad SMARTS) is 1. The minimum Gasteiger partial charge on any atom is -0.478 e. The highest BCUT2D eigenvalue weighted by Gasteiger charge is 2.46. The Morgan fingerprint density at radius 3 is 2.89 bits per heavy atom. The number of carboxylic acids is 1. The van der Waals surface area contributed by atoms with E-state index in [1.165, 1.54) is 6.20 Å². The molecule has 1 aromatic rings. The first-order valence-corrected chi connectivity index (χ1v) is 6.12. The summed E-state index contributed by atoms with van der Waals surface area (Å²) in [4.78, 5) is 17.3. The van der Waals surface area contributed by atoms with Gasteiger partial charge in [-0.25, -0.2) is 9.78 Å². The highest BCUT2D eigenvalue weighted by molar-refractivity contribution is 5.87. The van der Waals surface area contributed by atoms with Crippen molar-refractivity contribution in [2.24, 2.45) is 5.41 Å². The van der Waals surface area contributed by atoms with Crippen LogP contribution >= 0.6 is 0 Å². The fourth-order valence-corrected chi connectivity index (χ4v) is 2.83. The largest absolute Gasteiger partial charge is 0.478 e. The van der Waals surface area contributed by atoms with Crippen LogP contribution in [-0.4, -0.2) is 42.4 Å². The third-order valence-electron chi connectivity index (χ3n) is 3.83. The second-order valence-corrected chi connectivity index (χ2v) is 5.33. The lowest BCUT2D eigenvalue weighted by Crippen LogP contribution is -2.57. The summed E-state index contributed by atoms with van der Waals surface area (Å²) in [5.74, 6) is -0.0288. The van der Waals surface area contributed by atoms with Crippen molar-refractivity contribution >= 4 is 11.8 Å². The maximum atomic E-state index is 10.9. The van der Waals surface area contributed by atoms with Crippen LogP contribution < -0.4 is 4.90 Å². The zero-order chi connectivity index (χ0) is 12.8. The molecule has 5 nitrogen and oxygen atoms in total. The van der Waals surface area contributed by atoms with Gasteiger partial charge in [0.25, 0.3) is 0 Å². The molecule has 0 bridgehead atoms. The monoisotopic (exact) mass is 248 g/mol. The fraction of sp³-hybridized carbons (Fsp3) is 0.538. The molecule has 0 aliphatic carbocycles. The van der Waals surface area contributed by atoms with E-state index in [-0.39, 0.29) is 5.56 Å². The van der Waals surface area contributed by atoms with Crippen molar-refractivity contribution < 1.29 is 14.6 Å². The van der Waals surface area contributed by atoms with Crippen LogP contribution in [0.4, 0.5) is 5.82 Å². The molecule has 0 radical (unpaired) electrons. The number of rotatable bonds is 2. The van der Waals surface area contributed by atoms with Crippen molar-refractivity contribution in [3.05, 3.63) is 23.4 Å². The predicted molar refractivity (Wildman–Crippen MR) is 66.0 cm³/mol. The Morgan fingerprint density at radius 2 is 2.33 bits per heavy atom. The van der Waals surface area contributed by atoms with Gasteiger partial charge in [0.15, 0.2) is 0 Å². The summed E-state index contributed by atoms with van der Waals surface area (Å²) in [7, 11) is 0. The van der Waals surface area contributed by atoms with Crippen LogP contribution in [0.15, 0.2) is 12.3 Å². The first kappa shape index (κ1) is 11.5. The van der Waals surface area contributed by atoms with E-state index < -0.39 is 5.97 Å². The van der Waals surface area contributed by atoms with Crippen LogP contribution in [0.5, 0.6) is 0 Å². The molecule has 1 spiro atoms. The third kappa shape index (κ3) is 1.75. The fourth-order valence-electron chi connectivity index (χ4n) is 2.83. The van der Waals surface area contributed by atoms with Crippen LogP contribution in [0.2, 0.25) is 0 Å². The average molecular weight is 248 g/mol. The summed E-state index contributed by atoms with van der Waals surface area (Å²) < 4.78 is 5.44. The number of carbonyl (C=O) groups is 1. The quantitative estimate of drug-likeness (QED) is 0.855. The molecule has 0 unspecified atom stereocenters. The number of aromatic carboxylic acids is 1. The number of anilines is 1. The smallest absolute Gasteiger partial charge is 0.337 e. The molecule has 3 rings (SSSR count). The number of ether oxygens (including phenoxy) is 1. The van der Waals surface area contributed by atoms with Crippen LogP contribution in [0.3, 0.4) is 0 Å². The number of aromatic nitrogens is 1. The average Bonchev–Trinajstić information content (AvgIpc) is 2.76. The minimum absolute atomic E-state index is 0.246.